The first-order valence-corrected chi connectivity index (χ1v) is 4.85. The summed E-state index contributed by atoms with van der Waals surface area (Å²) in [6.45, 7) is 0. The van der Waals surface area contributed by atoms with E-state index in [0.717, 1.165) is 0 Å². The fraction of sp³-hybridized carbons (Fsp3) is 0. The van der Waals surface area contributed by atoms with E-state index in [0.29, 0.717) is 16.7 Å². The summed E-state index contributed by atoms with van der Waals surface area (Å²) in [5.41, 5.74) is 1.19. The van der Waals surface area contributed by atoms with Crippen molar-refractivity contribution in [3.63, 3.8) is 0 Å². The Bertz CT molecular complexity index is 564. The normalized spacial score (nSPS) is 12.4. The van der Waals surface area contributed by atoms with Gasteiger partial charge in [0.1, 0.15) is 11.6 Å². The van der Waals surface area contributed by atoms with Gasteiger partial charge in [-0.05, 0) is 12.1 Å². The second-order valence-electron chi connectivity index (χ2n) is 3.69. The van der Waals surface area contributed by atoms with Crippen LogP contribution in [0.5, 0.6) is 5.75 Å². The maximum Gasteiger partial charge on any atom is 0.194 e. The highest BCUT2D eigenvalue weighted by Gasteiger charge is 2.30. The summed E-state index contributed by atoms with van der Waals surface area (Å²) in [5.74, 6) is -0.777. The van der Waals surface area contributed by atoms with E-state index in [-0.39, 0.29) is 17.1 Å². The monoisotopic (exact) mass is 214 g/mol. The van der Waals surface area contributed by atoms with Gasteiger partial charge in [0.2, 0.25) is 0 Å². The van der Waals surface area contributed by atoms with E-state index in [2.05, 4.69) is 0 Å². The Morgan fingerprint density at radius 2 is 1.56 bits per heavy atom. The van der Waals surface area contributed by atoms with Gasteiger partial charge in [0.25, 0.3) is 0 Å². The van der Waals surface area contributed by atoms with Crippen molar-refractivity contribution < 1.29 is 14.3 Å². The van der Waals surface area contributed by atoms with Gasteiger partial charge in [-0.1, -0.05) is 24.3 Å². The summed E-state index contributed by atoms with van der Waals surface area (Å²) in [6.07, 6.45) is 0. The van der Waals surface area contributed by atoms with Gasteiger partial charge in [-0.2, -0.15) is 0 Å². The Morgan fingerprint density at radius 1 is 0.938 bits per heavy atom. The van der Waals surface area contributed by atoms with Crippen LogP contribution in [0.4, 0.5) is 4.39 Å². The maximum atomic E-state index is 13.7. The fourth-order valence-electron chi connectivity index (χ4n) is 2.10. The van der Waals surface area contributed by atoms with Crippen LogP contribution in [-0.4, -0.2) is 10.9 Å². The smallest absolute Gasteiger partial charge is 0.194 e. The molecule has 3 heteroatoms. The lowest BCUT2D eigenvalue weighted by atomic mass is 10.0. The Kier molecular flexibility index (Phi) is 1.66. The van der Waals surface area contributed by atoms with Crippen LogP contribution in [0.3, 0.4) is 0 Å². The number of benzene rings is 2. The molecular formula is C13H7FO2. The number of phenolic OH excluding ortho intramolecular Hbond substituents is 1. The Labute approximate surface area is 91.0 Å². The number of aromatic hydroxyl groups is 1. The summed E-state index contributed by atoms with van der Waals surface area (Å²) in [4.78, 5) is 11.9. The summed E-state index contributed by atoms with van der Waals surface area (Å²) >= 11 is 0. The Hall–Kier alpha value is -2.16. The first-order valence-electron chi connectivity index (χ1n) is 4.85. The third-order valence-electron chi connectivity index (χ3n) is 2.80. The van der Waals surface area contributed by atoms with Gasteiger partial charge in [-0.15, -0.1) is 0 Å². The maximum absolute atomic E-state index is 13.7. The zero-order valence-electron chi connectivity index (χ0n) is 8.20. The largest absolute Gasteiger partial charge is 0.507 e. The molecule has 0 atom stereocenters. The molecule has 1 aliphatic carbocycles. The lowest BCUT2D eigenvalue weighted by Gasteiger charge is -2.03. The van der Waals surface area contributed by atoms with Crippen molar-refractivity contribution in [3.05, 3.63) is 53.3 Å². The van der Waals surface area contributed by atoms with Crippen LogP contribution in [0.1, 0.15) is 15.9 Å². The molecule has 2 aromatic rings. The van der Waals surface area contributed by atoms with Crippen molar-refractivity contribution in [2.75, 3.05) is 0 Å². The molecule has 0 radical (unpaired) electrons. The fourth-order valence-corrected chi connectivity index (χ4v) is 2.10. The highest BCUT2D eigenvalue weighted by molar-refractivity contribution is 6.22. The molecule has 0 saturated heterocycles. The number of fused-ring (bicyclic) bond motifs is 3. The molecule has 1 aliphatic rings. The number of halogens is 1. The van der Waals surface area contributed by atoms with E-state index in [1.54, 1.807) is 18.2 Å². The molecular weight excluding hydrogens is 207 g/mol. The second kappa shape index (κ2) is 2.92. The molecule has 0 aliphatic heterocycles. The van der Waals surface area contributed by atoms with Gasteiger partial charge < -0.3 is 5.11 Å². The zero-order chi connectivity index (χ0) is 11.3. The van der Waals surface area contributed by atoms with E-state index < -0.39 is 5.82 Å². The van der Waals surface area contributed by atoms with Crippen molar-refractivity contribution in [2.45, 2.75) is 0 Å². The predicted molar refractivity (Wildman–Crippen MR) is 56.9 cm³/mol. The summed E-state index contributed by atoms with van der Waals surface area (Å²) in [7, 11) is 0. The van der Waals surface area contributed by atoms with Crippen LogP contribution < -0.4 is 0 Å². The molecule has 1 N–H and O–H groups in total. The molecule has 0 saturated carbocycles. The zero-order valence-corrected chi connectivity index (χ0v) is 8.20. The quantitative estimate of drug-likeness (QED) is 0.624. The van der Waals surface area contributed by atoms with Crippen molar-refractivity contribution in [1.29, 1.82) is 0 Å². The van der Waals surface area contributed by atoms with Crippen molar-refractivity contribution >= 4 is 5.78 Å². The van der Waals surface area contributed by atoms with Crippen LogP contribution in [-0.2, 0) is 0 Å². The van der Waals surface area contributed by atoms with Crippen LogP contribution in [0.25, 0.3) is 11.1 Å². The summed E-state index contributed by atoms with van der Waals surface area (Å²) in [6, 6.07) is 8.98. The Balaban J connectivity index is 2.48. The van der Waals surface area contributed by atoms with Crippen LogP contribution in [0.2, 0.25) is 0 Å². The number of rotatable bonds is 0. The van der Waals surface area contributed by atoms with Gasteiger partial charge in [0.15, 0.2) is 5.78 Å². The molecule has 0 heterocycles. The molecule has 0 unspecified atom stereocenters. The highest BCUT2D eigenvalue weighted by atomic mass is 19.1. The van der Waals surface area contributed by atoms with E-state index in [1.165, 1.54) is 18.2 Å². The first-order chi connectivity index (χ1) is 7.70. The minimum Gasteiger partial charge on any atom is -0.507 e. The third-order valence-corrected chi connectivity index (χ3v) is 2.80. The van der Waals surface area contributed by atoms with Crippen LogP contribution >= 0.6 is 0 Å². The van der Waals surface area contributed by atoms with Crippen molar-refractivity contribution in [2.24, 2.45) is 0 Å². The standard InChI is InChI=1S/C13H7FO2/c14-9-5-1-3-7-11(9)12-8(13(7)16)4-2-6-10(12)15/h1-6,15H. The average molecular weight is 214 g/mol. The van der Waals surface area contributed by atoms with E-state index in [1.807, 2.05) is 0 Å². The molecule has 3 rings (SSSR count). The minimum atomic E-state index is -0.480. The van der Waals surface area contributed by atoms with Crippen molar-refractivity contribution in [1.82, 2.24) is 0 Å². The number of hydrogen-bond donors (Lipinski definition) is 1. The van der Waals surface area contributed by atoms with Gasteiger partial charge >= 0.3 is 0 Å². The number of carbonyl (C=O) groups excluding carboxylic acids is 1. The Morgan fingerprint density at radius 3 is 2.31 bits per heavy atom. The van der Waals surface area contributed by atoms with E-state index in [4.69, 9.17) is 0 Å². The molecule has 78 valence electrons. The lowest BCUT2D eigenvalue weighted by molar-refractivity contribution is 0.104. The lowest BCUT2D eigenvalue weighted by Crippen LogP contribution is -1.94. The summed E-state index contributed by atoms with van der Waals surface area (Å²) < 4.78 is 13.7. The predicted octanol–water partition coefficient (Wildman–Crippen LogP) is 2.74. The molecule has 0 bridgehead atoms. The van der Waals surface area contributed by atoms with E-state index in [9.17, 15) is 14.3 Å². The number of hydrogen-bond acceptors (Lipinski definition) is 2. The molecule has 0 fully saturated rings. The van der Waals surface area contributed by atoms with Gasteiger partial charge in [-0.25, -0.2) is 4.39 Å². The molecule has 16 heavy (non-hydrogen) atoms. The highest BCUT2D eigenvalue weighted by Crippen LogP contribution is 2.43. The first kappa shape index (κ1) is 9.09. The topological polar surface area (TPSA) is 37.3 Å². The molecule has 2 aromatic carbocycles. The van der Waals surface area contributed by atoms with Crippen molar-refractivity contribution in [3.8, 4) is 16.9 Å². The van der Waals surface area contributed by atoms with E-state index >= 15 is 0 Å². The summed E-state index contributed by atoms with van der Waals surface area (Å²) in [5, 5.41) is 9.70. The molecule has 0 aromatic heterocycles. The van der Waals surface area contributed by atoms with Gasteiger partial charge in [0.05, 0.1) is 0 Å². The number of carbonyl (C=O) groups is 1. The van der Waals surface area contributed by atoms with Gasteiger partial charge in [0, 0.05) is 22.3 Å². The molecule has 0 spiro atoms. The molecule has 2 nitrogen and oxygen atoms in total. The molecule has 0 amide bonds. The third kappa shape index (κ3) is 0.972. The average Bonchev–Trinajstić information content (AvgIpc) is 2.56. The minimum absolute atomic E-state index is 0.0605. The van der Waals surface area contributed by atoms with Gasteiger partial charge in [-0.3, -0.25) is 4.79 Å². The SMILES string of the molecule is O=C1c2cccc(O)c2-c2c(F)cccc21. The second-order valence-corrected chi connectivity index (χ2v) is 3.69. The number of ketones is 1. The van der Waals surface area contributed by atoms with Crippen LogP contribution in [0, 0.1) is 5.82 Å². The number of phenols is 1. The van der Waals surface area contributed by atoms with Crippen LogP contribution in [0.15, 0.2) is 36.4 Å².